The zero-order chi connectivity index (χ0) is 18.6. The molecular formula is C17H25N3O4S. The molecule has 25 heavy (non-hydrogen) atoms. The summed E-state index contributed by atoms with van der Waals surface area (Å²) in [5.74, 6) is -0.688. The second kappa shape index (κ2) is 7.97. The summed E-state index contributed by atoms with van der Waals surface area (Å²) in [4.78, 5) is 25.5. The lowest BCUT2D eigenvalue weighted by Gasteiger charge is -2.26. The molecule has 1 aliphatic heterocycles. The average Bonchev–Trinajstić information content (AvgIpc) is 2.60. The first kappa shape index (κ1) is 19.4. The van der Waals surface area contributed by atoms with Crippen molar-refractivity contribution < 1.29 is 18.0 Å². The molecule has 7 nitrogen and oxygen atoms in total. The Morgan fingerprint density at radius 1 is 1.16 bits per heavy atom. The Morgan fingerprint density at radius 3 is 2.40 bits per heavy atom. The largest absolute Gasteiger partial charge is 0.347 e. The number of nitrogens with zero attached hydrogens (tertiary/aromatic N) is 2. The number of likely N-dealkylation sites (N-methyl/N-ethyl adjacent to an activating group) is 1. The summed E-state index contributed by atoms with van der Waals surface area (Å²) in [5, 5.41) is 2.54. The van der Waals surface area contributed by atoms with Crippen LogP contribution in [0, 0.1) is 6.92 Å². The normalized spacial score (nSPS) is 15.6. The summed E-state index contributed by atoms with van der Waals surface area (Å²) in [7, 11) is -0.396. The molecule has 1 aromatic carbocycles. The Labute approximate surface area is 149 Å². The first-order valence-electron chi connectivity index (χ1n) is 8.32. The molecule has 0 bridgehead atoms. The van der Waals surface area contributed by atoms with Crippen molar-refractivity contribution in [3.8, 4) is 0 Å². The van der Waals surface area contributed by atoms with E-state index in [4.69, 9.17) is 0 Å². The molecule has 0 radical (unpaired) electrons. The fourth-order valence-corrected chi connectivity index (χ4v) is 4.21. The van der Waals surface area contributed by atoms with Crippen LogP contribution in [0.3, 0.4) is 0 Å². The molecule has 0 aliphatic carbocycles. The number of aryl methyl sites for hydroxylation is 1. The molecule has 0 aromatic heterocycles. The molecule has 0 atom stereocenters. The molecule has 2 rings (SSSR count). The number of sulfonamides is 1. The van der Waals surface area contributed by atoms with Crippen molar-refractivity contribution in [3.05, 3.63) is 29.3 Å². The molecule has 0 spiro atoms. The first-order chi connectivity index (χ1) is 11.7. The zero-order valence-corrected chi connectivity index (χ0v) is 15.7. The van der Waals surface area contributed by atoms with E-state index in [0.717, 1.165) is 19.3 Å². The molecule has 1 heterocycles. The monoisotopic (exact) mass is 367 g/mol. The predicted molar refractivity (Wildman–Crippen MR) is 94.8 cm³/mol. The van der Waals surface area contributed by atoms with Crippen LogP contribution in [0.25, 0.3) is 0 Å². The topological polar surface area (TPSA) is 86.8 Å². The minimum atomic E-state index is -3.60. The first-order valence-corrected chi connectivity index (χ1v) is 9.76. The van der Waals surface area contributed by atoms with Crippen molar-refractivity contribution in [1.29, 1.82) is 0 Å². The number of nitrogens with one attached hydrogen (secondary N) is 1. The molecule has 138 valence electrons. The number of carbonyl (C=O) groups is 2. The number of hydrogen-bond acceptors (Lipinski definition) is 4. The van der Waals surface area contributed by atoms with Gasteiger partial charge in [0.15, 0.2) is 0 Å². The van der Waals surface area contributed by atoms with E-state index in [-0.39, 0.29) is 22.9 Å². The standard InChI is InChI=1S/C17H25N3O4S/c1-13-7-8-14(25(23,24)20-9-5-4-6-10-20)11-15(13)17(22)18-12-16(21)19(2)3/h7-8,11H,4-6,9-10,12H2,1-3H3,(H,18,22). The van der Waals surface area contributed by atoms with E-state index in [1.165, 1.54) is 21.3 Å². The maximum Gasteiger partial charge on any atom is 0.252 e. The summed E-state index contributed by atoms with van der Waals surface area (Å²) in [6, 6.07) is 4.55. The predicted octanol–water partition coefficient (Wildman–Crippen LogP) is 0.988. The fourth-order valence-electron chi connectivity index (χ4n) is 2.67. The van der Waals surface area contributed by atoms with Gasteiger partial charge in [0.2, 0.25) is 15.9 Å². The number of piperidine rings is 1. The third-order valence-electron chi connectivity index (χ3n) is 4.31. The van der Waals surface area contributed by atoms with Gasteiger partial charge in [0, 0.05) is 32.7 Å². The van der Waals surface area contributed by atoms with E-state index in [2.05, 4.69) is 5.32 Å². The molecule has 8 heteroatoms. The van der Waals surface area contributed by atoms with E-state index >= 15 is 0 Å². The van der Waals surface area contributed by atoms with Crippen molar-refractivity contribution in [2.45, 2.75) is 31.1 Å². The minimum Gasteiger partial charge on any atom is -0.347 e. The quantitative estimate of drug-likeness (QED) is 0.841. The molecule has 1 aliphatic rings. The average molecular weight is 367 g/mol. The van der Waals surface area contributed by atoms with Gasteiger partial charge in [0.05, 0.1) is 11.4 Å². The van der Waals surface area contributed by atoms with Gasteiger partial charge >= 0.3 is 0 Å². The molecular weight excluding hydrogens is 342 g/mol. The van der Waals surface area contributed by atoms with Gasteiger partial charge in [-0.15, -0.1) is 0 Å². The van der Waals surface area contributed by atoms with Crippen LogP contribution < -0.4 is 5.32 Å². The van der Waals surface area contributed by atoms with Crippen molar-refractivity contribution in [2.75, 3.05) is 33.7 Å². The van der Waals surface area contributed by atoms with Gasteiger partial charge in [-0.1, -0.05) is 12.5 Å². The van der Waals surface area contributed by atoms with Crippen LogP contribution in [-0.4, -0.2) is 63.2 Å². The number of amides is 2. The lowest BCUT2D eigenvalue weighted by Crippen LogP contribution is -2.37. The Balaban J connectivity index is 2.22. The van der Waals surface area contributed by atoms with Crippen LogP contribution in [0.5, 0.6) is 0 Å². The SMILES string of the molecule is Cc1ccc(S(=O)(=O)N2CCCCC2)cc1C(=O)NCC(=O)N(C)C. The lowest BCUT2D eigenvalue weighted by atomic mass is 10.1. The Hall–Kier alpha value is -1.93. The summed E-state index contributed by atoms with van der Waals surface area (Å²) in [5.41, 5.74) is 0.928. The van der Waals surface area contributed by atoms with Crippen molar-refractivity contribution in [2.24, 2.45) is 0 Å². The van der Waals surface area contributed by atoms with E-state index in [1.807, 2.05) is 0 Å². The third-order valence-corrected chi connectivity index (χ3v) is 6.20. The zero-order valence-electron chi connectivity index (χ0n) is 14.9. The summed E-state index contributed by atoms with van der Waals surface area (Å²) in [6.07, 6.45) is 2.74. The molecule has 0 saturated carbocycles. The lowest BCUT2D eigenvalue weighted by molar-refractivity contribution is -0.127. The Kier molecular flexibility index (Phi) is 6.18. The van der Waals surface area contributed by atoms with Crippen molar-refractivity contribution >= 4 is 21.8 Å². The third kappa shape index (κ3) is 4.58. The highest BCUT2D eigenvalue weighted by Gasteiger charge is 2.27. The smallest absolute Gasteiger partial charge is 0.252 e. The van der Waals surface area contributed by atoms with Crippen LogP contribution in [0.4, 0.5) is 0 Å². The Bertz CT molecular complexity index is 753. The summed E-state index contributed by atoms with van der Waals surface area (Å²) >= 11 is 0. The highest BCUT2D eigenvalue weighted by molar-refractivity contribution is 7.89. The number of hydrogen-bond donors (Lipinski definition) is 1. The Morgan fingerprint density at radius 2 is 1.80 bits per heavy atom. The molecule has 0 unspecified atom stereocenters. The van der Waals surface area contributed by atoms with Gasteiger partial charge in [-0.05, 0) is 37.5 Å². The van der Waals surface area contributed by atoms with Crippen LogP contribution in [-0.2, 0) is 14.8 Å². The molecule has 2 amide bonds. The highest BCUT2D eigenvalue weighted by Crippen LogP contribution is 2.22. The van der Waals surface area contributed by atoms with Gasteiger partial charge < -0.3 is 10.2 Å². The molecule has 1 fully saturated rings. The molecule has 1 N–H and O–H groups in total. The van der Waals surface area contributed by atoms with Crippen molar-refractivity contribution in [3.63, 3.8) is 0 Å². The highest BCUT2D eigenvalue weighted by atomic mass is 32.2. The minimum absolute atomic E-state index is 0.115. The van der Waals surface area contributed by atoms with Gasteiger partial charge in [0.1, 0.15) is 0 Å². The van der Waals surface area contributed by atoms with Crippen LogP contribution in [0.1, 0.15) is 35.2 Å². The number of carbonyl (C=O) groups excluding carboxylic acids is 2. The van der Waals surface area contributed by atoms with Gasteiger partial charge in [0.25, 0.3) is 5.91 Å². The molecule has 1 saturated heterocycles. The second-order valence-corrected chi connectivity index (χ2v) is 8.35. The maximum atomic E-state index is 12.8. The van der Waals surface area contributed by atoms with Crippen LogP contribution in [0.15, 0.2) is 23.1 Å². The van der Waals surface area contributed by atoms with E-state index < -0.39 is 15.9 Å². The van der Waals surface area contributed by atoms with Gasteiger partial charge in [-0.3, -0.25) is 9.59 Å². The van der Waals surface area contributed by atoms with E-state index in [9.17, 15) is 18.0 Å². The van der Waals surface area contributed by atoms with E-state index in [1.54, 1.807) is 27.1 Å². The summed E-state index contributed by atoms with van der Waals surface area (Å²) in [6.45, 7) is 2.62. The molecule has 1 aromatic rings. The second-order valence-electron chi connectivity index (χ2n) is 6.41. The van der Waals surface area contributed by atoms with Gasteiger partial charge in [-0.2, -0.15) is 4.31 Å². The number of benzene rings is 1. The van der Waals surface area contributed by atoms with E-state index in [0.29, 0.717) is 18.7 Å². The van der Waals surface area contributed by atoms with Gasteiger partial charge in [-0.25, -0.2) is 8.42 Å². The van der Waals surface area contributed by atoms with Crippen molar-refractivity contribution in [1.82, 2.24) is 14.5 Å². The number of rotatable bonds is 5. The van der Waals surface area contributed by atoms with Crippen LogP contribution in [0.2, 0.25) is 0 Å². The maximum absolute atomic E-state index is 12.8. The van der Waals surface area contributed by atoms with Crippen LogP contribution >= 0.6 is 0 Å². The fraction of sp³-hybridized carbons (Fsp3) is 0.529. The summed E-state index contributed by atoms with van der Waals surface area (Å²) < 4.78 is 27.0.